The minimum atomic E-state index is -0.440. The van der Waals surface area contributed by atoms with Crippen molar-refractivity contribution in [1.82, 2.24) is 4.98 Å². The van der Waals surface area contributed by atoms with Crippen molar-refractivity contribution in [2.75, 3.05) is 0 Å². The molecule has 0 fully saturated rings. The number of carbonyl (C=O) groups is 1. The highest BCUT2D eigenvalue weighted by atomic mass is 79.9. The summed E-state index contributed by atoms with van der Waals surface area (Å²) in [6.45, 7) is 4.34. The van der Waals surface area contributed by atoms with E-state index in [9.17, 15) is 4.79 Å². The molecule has 0 bridgehead atoms. The fourth-order valence-electron chi connectivity index (χ4n) is 3.64. The molecule has 0 N–H and O–H groups in total. The van der Waals surface area contributed by atoms with Crippen molar-refractivity contribution in [1.29, 1.82) is 0 Å². The monoisotopic (exact) mass is 399 g/mol. The molecule has 1 aliphatic carbocycles. The Bertz CT molecular complexity index is 996. The first-order valence-electron chi connectivity index (χ1n) is 7.79. The standard InChI is InChI=1S/C20H15BrClNO/c1-20(2)13-9-5-3-7-11(13)17-16(18(20)21)15(19(22)24)12-8-4-6-10-14(12)23-17/h3-10,18H,1-2H3. The van der Waals surface area contributed by atoms with Crippen LogP contribution in [-0.2, 0) is 5.41 Å². The summed E-state index contributed by atoms with van der Waals surface area (Å²) >= 11 is 9.85. The first kappa shape index (κ1) is 15.8. The van der Waals surface area contributed by atoms with Crippen LogP contribution in [0.25, 0.3) is 22.2 Å². The van der Waals surface area contributed by atoms with Crippen LogP contribution in [0, 0.1) is 0 Å². The van der Waals surface area contributed by atoms with Gasteiger partial charge in [-0.25, -0.2) is 4.98 Å². The number of benzene rings is 2. The van der Waals surface area contributed by atoms with Crippen molar-refractivity contribution in [3.8, 4) is 11.3 Å². The highest BCUT2D eigenvalue weighted by Crippen LogP contribution is 2.54. The predicted octanol–water partition coefficient (Wildman–Crippen LogP) is 6.01. The lowest BCUT2D eigenvalue weighted by atomic mass is 9.70. The van der Waals surface area contributed by atoms with Crippen LogP contribution in [0.5, 0.6) is 0 Å². The fourth-order valence-corrected chi connectivity index (χ4v) is 4.54. The van der Waals surface area contributed by atoms with E-state index in [-0.39, 0.29) is 10.2 Å². The molecule has 0 radical (unpaired) electrons. The summed E-state index contributed by atoms with van der Waals surface area (Å²) in [7, 11) is 0. The molecule has 0 saturated carbocycles. The highest BCUT2D eigenvalue weighted by molar-refractivity contribution is 9.09. The van der Waals surface area contributed by atoms with Crippen molar-refractivity contribution in [2.45, 2.75) is 24.1 Å². The van der Waals surface area contributed by atoms with Gasteiger partial charge in [0.25, 0.3) is 5.24 Å². The zero-order valence-electron chi connectivity index (χ0n) is 13.3. The summed E-state index contributed by atoms with van der Waals surface area (Å²) in [4.78, 5) is 17.1. The third kappa shape index (κ3) is 2.08. The largest absolute Gasteiger partial charge is 0.276 e. The number of para-hydroxylation sites is 1. The molecule has 4 rings (SSSR count). The molecule has 0 spiro atoms. The quantitative estimate of drug-likeness (QED) is 0.370. The Labute approximate surface area is 154 Å². The molecule has 0 aliphatic heterocycles. The smallest absolute Gasteiger partial charge is 0.253 e. The van der Waals surface area contributed by atoms with Crippen molar-refractivity contribution in [2.24, 2.45) is 0 Å². The van der Waals surface area contributed by atoms with E-state index >= 15 is 0 Å². The molecule has 2 nitrogen and oxygen atoms in total. The molecule has 1 atom stereocenters. The van der Waals surface area contributed by atoms with Gasteiger partial charge in [-0.3, -0.25) is 4.79 Å². The SMILES string of the molecule is CC1(C)c2ccccc2-c2nc3ccccc3c(C(=O)Cl)c2C1Br. The van der Waals surface area contributed by atoms with Gasteiger partial charge >= 0.3 is 0 Å². The number of carbonyl (C=O) groups excluding carboxylic acids is 1. The zero-order chi connectivity index (χ0) is 17.1. The van der Waals surface area contributed by atoms with E-state index in [1.54, 1.807) is 0 Å². The summed E-state index contributed by atoms with van der Waals surface area (Å²) in [5.41, 5.74) is 5.17. The minimum absolute atomic E-state index is 0.0512. The van der Waals surface area contributed by atoms with Gasteiger partial charge < -0.3 is 0 Å². The first-order valence-corrected chi connectivity index (χ1v) is 9.08. The van der Waals surface area contributed by atoms with Crippen LogP contribution in [0.2, 0.25) is 0 Å². The van der Waals surface area contributed by atoms with E-state index in [0.29, 0.717) is 5.56 Å². The van der Waals surface area contributed by atoms with E-state index in [4.69, 9.17) is 16.6 Å². The fraction of sp³-hybridized carbons (Fsp3) is 0.200. The number of nitrogens with zero attached hydrogens (tertiary/aromatic N) is 1. The topological polar surface area (TPSA) is 30.0 Å². The lowest BCUT2D eigenvalue weighted by Gasteiger charge is -2.39. The van der Waals surface area contributed by atoms with Gasteiger partial charge in [-0.1, -0.05) is 72.2 Å². The second-order valence-corrected chi connectivity index (χ2v) is 7.93. The normalized spacial score (nSPS) is 18.1. The van der Waals surface area contributed by atoms with E-state index in [2.05, 4.69) is 41.9 Å². The van der Waals surface area contributed by atoms with Crippen LogP contribution in [0.15, 0.2) is 48.5 Å². The molecule has 4 heteroatoms. The molecule has 1 unspecified atom stereocenters. The molecule has 120 valence electrons. The second kappa shape index (κ2) is 5.40. The summed E-state index contributed by atoms with van der Waals surface area (Å²) in [6.07, 6.45) is 0. The molecule has 1 aliphatic rings. The minimum Gasteiger partial charge on any atom is -0.276 e. The molecule has 3 aromatic rings. The molecular formula is C20H15BrClNO. The Morgan fingerprint density at radius 3 is 2.54 bits per heavy atom. The Hall–Kier alpha value is -1.71. The van der Waals surface area contributed by atoms with Crippen molar-refractivity contribution in [3.05, 3.63) is 65.2 Å². The van der Waals surface area contributed by atoms with E-state index in [1.165, 1.54) is 5.56 Å². The number of hydrogen-bond donors (Lipinski definition) is 0. The van der Waals surface area contributed by atoms with Gasteiger partial charge in [-0.05, 0) is 23.2 Å². The van der Waals surface area contributed by atoms with Crippen LogP contribution in [0.3, 0.4) is 0 Å². The number of rotatable bonds is 1. The van der Waals surface area contributed by atoms with Crippen LogP contribution >= 0.6 is 27.5 Å². The van der Waals surface area contributed by atoms with Gasteiger partial charge in [0.05, 0.1) is 16.0 Å². The predicted molar refractivity (Wildman–Crippen MR) is 102 cm³/mol. The van der Waals surface area contributed by atoms with Gasteiger partial charge in [-0.15, -0.1) is 0 Å². The third-order valence-corrected chi connectivity index (χ3v) is 6.68. The molecule has 1 heterocycles. The maximum atomic E-state index is 12.3. The summed E-state index contributed by atoms with van der Waals surface area (Å²) in [5.74, 6) is 0. The highest BCUT2D eigenvalue weighted by Gasteiger charge is 2.41. The Kier molecular flexibility index (Phi) is 3.55. The molecule has 1 aromatic heterocycles. The zero-order valence-corrected chi connectivity index (χ0v) is 15.6. The number of alkyl halides is 1. The Morgan fingerprint density at radius 1 is 1.12 bits per heavy atom. The van der Waals surface area contributed by atoms with E-state index < -0.39 is 5.24 Å². The van der Waals surface area contributed by atoms with Crippen LogP contribution in [-0.4, -0.2) is 10.2 Å². The summed E-state index contributed by atoms with van der Waals surface area (Å²) in [5, 5.41) is 0.361. The lowest BCUT2D eigenvalue weighted by Crippen LogP contribution is -2.29. The molecular weight excluding hydrogens is 386 g/mol. The van der Waals surface area contributed by atoms with E-state index in [0.717, 1.165) is 27.7 Å². The summed E-state index contributed by atoms with van der Waals surface area (Å²) < 4.78 is 0. The van der Waals surface area contributed by atoms with Gasteiger partial charge in [0.1, 0.15) is 0 Å². The molecule has 2 aromatic carbocycles. The molecule has 0 amide bonds. The van der Waals surface area contributed by atoms with Crippen molar-refractivity contribution in [3.63, 3.8) is 0 Å². The Balaban J connectivity index is 2.22. The van der Waals surface area contributed by atoms with Crippen molar-refractivity contribution >= 4 is 43.7 Å². The van der Waals surface area contributed by atoms with Crippen LogP contribution < -0.4 is 0 Å². The van der Waals surface area contributed by atoms with Crippen molar-refractivity contribution < 1.29 is 4.79 Å². The van der Waals surface area contributed by atoms with Gasteiger partial charge in [-0.2, -0.15) is 0 Å². The molecule has 24 heavy (non-hydrogen) atoms. The maximum Gasteiger partial charge on any atom is 0.253 e. The van der Waals surface area contributed by atoms with Gasteiger partial charge in [0.15, 0.2) is 0 Å². The second-order valence-electron chi connectivity index (χ2n) is 6.67. The third-order valence-electron chi connectivity index (χ3n) is 4.89. The van der Waals surface area contributed by atoms with Gasteiger partial charge in [0, 0.05) is 27.5 Å². The number of fused-ring (bicyclic) bond motifs is 4. The van der Waals surface area contributed by atoms with Gasteiger partial charge in [0.2, 0.25) is 0 Å². The summed E-state index contributed by atoms with van der Waals surface area (Å²) in [6, 6.07) is 15.9. The van der Waals surface area contributed by atoms with Crippen LogP contribution in [0.4, 0.5) is 0 Å². The number of hydrogen-bond acceptors (Lipinski definition) is 2. The first-order chi connectivity index (χ1) is 11.4. The number of halogens is 2. The Morgan fingerprint density at radius 2 is 1.79 bits per heavy atom. The van der Waals surface area contributed by atoms with Crippen LogP contribution in [0.1, 0.15) is 40.2 Å². The number of aromatic nitrogens is 1. The molecule has 0 saturated heterocycles. The lowest BCUT2D eigenvalue weighted by molar-refractivity contribution is 0.108. The number of pyridine rings is 1. The van der Waals surface area contributed by atoms with E-state index in [1.807, 2.05) is 36.4 Å². The maximum absolute atomic E-state index is 12.3. The average molecular weight is 401 g/mol. The average Bonchev–Trinajstić information content (AvgIpc) is 2.58.